The van der Waals surface area contributed by atoms with Gasteiger partial charge in [0.25, 0.3) is 5.91 Å². The van der Waals surface area contributed by atoms with Gasteiger partial charge in [-0.3, -0.25) is 4.79 Å². The van der Waals surface area contributed by atoms with Crippen LogP contribution in [0.2, 0.25) is 5.02 Å². The van der Waals surface area contributed by atoms with Crippen LogP contribution in [0.25, 0.3) is 11.1 Å². The number of amides is 3. The fourth-order valence-electron chi connectivity index (χ4n) is 3.98. The zero-order valence-electron chi connectivity index (χ0n) is 19.1. The Bertz CT molecular complexity index is 1430. The van der Waals surface area contributed by atoms with Crippen molar-refractivity contribution in [1.82, 2.24) is 5.32 Å². The lowest BCUT2D eigenvalue weighted by molar-refractivity contribution is -0.119. The maximum Gasteiger partial charge on any atom is 0.320 e. The summed E-state index contributed by atoms with van der Waals surface area (Å²) in [6.07, 6.45) is 1.24. The summed E-state index contributed by atoms with van der Waals surface area (Å²) in [5.41, 5.74) is -0.468. The van der Waals surface area contributed by atoms with Crippen LogP contribution in [0.5, 0.6) is 0 Å². The molecule has 0 bridgehead atoms. The van der Waals surface area contributed by atoms with Crippen molar-refractivity contribution in [1.29, 1.82) is 0 Å². The van der Waals surface area contributed by atoms with Crippen LogP contribution < -0.4 is 16.0 Å². The topological polar surface area (TPSA) is 125 Å². The first-order chi connectivity index (χ1) is 17.0. The number of rotatable bonds is 7. The zero-order valence-corrected chi connectivity index (χ0v) is 20.7. The highest BCUT2D eigenvalue weighted by atomic mass is 35.5. The number of nitrogens with one attached hydrogen (secondary N) is 3. The van der Waals surface area contributed by atoms with Crippen LogP contribution in [0.4, 0.5) is 20.6 Å². The zero-order chi connectivity index (χ0) is 26.1. The molecular formula is C25H23ClFN3O5S. The molecule has 0 radical (unpaired) electrons. The highest BCUT2D eigenvalue weighted by molar-refractivity contribution is 7.90. The largest absolute Gasteiger partial charge is 0.396 e. The summed E-state index contributed by atoms with van der Waals surface area (Å²) in [4.78, 5) is 25.6. The fraction of sp³-hybridized carbons (Fsp3) is 0.200. The molecule has 1 aliphatic rings. The average molecular weight is 532 g/mol. The van der Waals surface area contributed by atoms with Crippen molar-refractivity contribution in [3.63, 3.8) is 0 Å². The van der Waals surface area contributed by atoms with Crippen molar-refractivity contribution in [2.24, 2.45) is 5.92 Å². The number of halogens is 2. The van der Waals surface area contributed by atoms with Gasteiger partial charge in [0.15, 0.2) is 9.84 Å². The lowest BCUT2D eigenvalue weighted by Gasteiger charge is -2.20. The molecule has 0 saturated heterocycles. The van der Waals surface area contributed by atoms with Gasteiger partial charge in [0.05, 0.1) is 10.6 Å². The third-order valence-corrected chi connectivity index (χ3v) is 7.39. The smallest absolute Gasteiger partial charge is 0.320 e. The summed E-state index contributed by atoms with van der Waals surface area (Å²) >= 11 is 5.84. The minimum absolute atomic E-state index is 0.0554. The molecule has 1 fully saturated rings. The third-order valence-electron chi connectivity index (χ3n) is 5.98. The number of hydrogen-bond acceptors (Lipinski definition) is 5. The van der Waals surface area contributed by atoms with Gasteiger partial charge in [0.2, 0.25) is 0 Å². The number of benzene rings is 3. The first kappa shape index (κ1) is 25.6. The van der Waals surface area contributed by atoms with Gasteiger partial charge in [-0.2, -0.15) is 0 Å². The normalized spacial score (nSPS) is 18.8. The number of anilines is 2. The highest BCUT2D eigenvalue weighted by Crippen LogP contribution is 2.44. The standard InChI is InChI=1S/C25H23ClFN3O5S/c1-36(34,35)22-5-3-2-4-19(22)15-6-11-21(20(27)12-15)29-23(32)25(13-16(25)14-31)30-24(33)28-18-9-7-17(26)8-10-18/h2-12,16,31H,13-14H2,1H3,(H,29,32)(H2,28,30,33). The predicted octanol–water partition coefficient (Wildman–Crippen LogP) is 4.06. The van der Waals surface area contributed by atoms with Gasteiger partial charge in [0.1, 0.15) is 11.4 Å². The monoisotopic (exact) mass is 531 g/mol. The van der Waals surface area contributed by atoms with Crippen molar-refractivity contribution in [2.75, 3.05) is 23.5 Å². The van der Waals surface area contributed by atoms with Gasteiger partial charge in [-0.15, -0.1) is 0 Å². The Morgan fingerprint density at radius 2 is 1.78 bits per heavy atom. The summed E-state index contributed by atoms with van der Waals surface area (Å²) in [6.45, 7) is -0.349. The van der Waals surface area contributed by atoms with Crippen LogP contribution in [-0.4, -0.2) is 43.9 Å². The van der Waals surface area contributed by atoms with Crippen molar-refractivity contribution in [3.8, 4) is 11.1 Å². The predicted molar refractivity (Wildman–Crippen MR) is 135 cm³/mol. The number of urea groups is 1. The fourth-order valence-corrected chi connectivity index (χ4v) is 5.02. The second kappa shape index (κ2) is 9.88. The highest BCUT2D eigenvalue weighted by Gasteiger charge is 2.61. The van der Waals surface area contributed by atoms with Gasteiger partial charge in [-0.05, 0) is 54.4 Å². The number of carbonyl (C=O) groups excluding carboxylic acids is 2. The number of hydrogen-bond donors (Lipinski definition) is 4. The second-order valence-electron chi connectivity index (χ2n) is 8.56. The summed E-state index contributed by atoms with van der Waals surface area (Å²) in [5, 5.41) is 17.8. The molecule has 2 atom stereocenters. The van der Waals surface area contributed by atoms with E-state index >= 15 is 0 Å². The van der Waals surface area contributed by atoms with Crippen LogP contribution in [0, 0.1) is 11.7 Å². The number of carbonyl (C=O) groups is 2. The molecule has 188 valence electrons. The van der Waals surface area contributed by atoms with Crippen LogP contribution in [0.3, 0.4) is 0 Å². The van der Waals surface area contributed by atoms with Crippen molar-refractivity contribution in [2.45, 2.75) is 16.9 Å². The number of aliphatic hydroxyl groups excluding tert-OH is 1. The molecule has 1 saturated carbocycles. The first-order valence-corrected chi connectivity index (χ1v) is 13.2. The van der Waals surface area contributed by atoms with E-state index in [1.807, 2.05) is 0 Å². The van der Waals surface area contributed by atoms with E-state index < -0.39 is 39.0 Å². The van der Waals surface area contributed by atoms with Crippen molar-refractivity contribution < 1.29 is 27.5 Å². The summed E-state index contributed by atoms with van der Waals surface area (Å²) < 4.78 is 39.2. The Balaban J connectivity index is 1.52. The number of aliphatic hydroxyl groups is 1. The Hall–Kier alpha value is -3.47. The van der Waals surface area contributed by atoms with E-state index in [9.17, 15) is 27.5 Å². The molecule has 0 heterocycles. The molecule has 0 aromatic heterocycles. The van der Waals surface area contributed by atoms with E-state index in [-0.39, 0.29) is 23.6 Å². The third kappa shape index (κ3) is 5.35. The van der Waals surface area contributed by atoms with E-state index in [0.717, 1.165) is 12.3 Å². The minimum atomic E-state index is -3.55. The molecule has 4 rings (SSSR count). The van der Waals surface area contributed by atoms with Gasteiger partial charge in [0, 0.05) is 35.1 Å². The molecule has 36 heavy (non-hydrogen) atoms. The maximum absolute atomic E-state index is 15.0. The summed E-state index contributed by atoms with van der Waals surface area (Å²) in [6, 6.07) is 15.8. The molecule has 1 aliphatic carbocycles. The average Bonchev–Trinajstić information content (AvgIpc) is 3.55. The molecule has 3 aromatic rings. The van der Waals surface area contributed by atoms with Gasteiger partial charge < -0.3 is 21.1 Å². The van der Waals surface area contributed by atoms with Crippen LogP contribution in [-0.2, 0) is 14.6 Å². The van der Waals surface area contributed by atoms with E-state index in [1.54, 1.807) is 42.5 Å². The SMILES string of the molecule is CS(=O)(=O)c1ccccc1-c1ccc(NC(=O)C2(NC(=O)Nc3ccc(Cl)cc3)CC2CO)c(F)c1. The van der Waals surface area contributed by atoms with Crippen molar-refractivity contribution >= 4 is 44.8 Å². The Morgan fingerprint density at radius 3 is 2.39 bits per heavy atom. The van der Waals surface area contributed by atoms with Crippen LogP contribution >= 0.6 is 11.6 Å². The second-order valence-corrected chi connectivity index (χ2v) is 11.0. The lowest BCUT2D eigenvalue weighted by atomic mass is 10.0. The molecule has 3 amide bonds. The van der Waals surface area contributed by atoms with Crippen molar-refractivity contribution in [3.05, 3.63) is 77.6 Å². The molecule has 2 unspecified atom stereocenters. The molecule has 0 spiro atoms. The van der Waals surface area contributed by atoms with E-state index in [0.29, 0.717) is 21.8 Å². The molecule has 0 aliphatic heterocycles. The molecular weight excluding hydrogens is 509 g/mol. The van der Waals surface area contributed by atoms with Gasteiger partial charge in [-0.1, -0.05) is 35.9 Å². The number of sulfone groups is 1. The van der Waals surface area contributed by atoms with Crippen LogP contribution in [0.1, 0.15) is 6.42 Å². The molecule has 4 N–H and O–H groups in total. The van der Waals surface area contributed by atoms with E-state index in [2.05, 4.69) is 16.0 Å². The lowest BCUT2D eigenvalue weighted by Crippen LogP contribution is -2.49. The van der Waals surface area contributed by atoms with Gasteiger partial charge >= 0.3 is 6.03 Å². The molecule has 11 heteroatoms. The Labute approximate surface area is 212 Å². The maximum atomic E-state index is 15.0. The Morgan fingerprint density at radius 1 is 1.08 bits per heavy atom. The molecule has 3 aromatic carbocycles. The summed E-state index contributed by atoms with van der Waals surface area (Å²) in [7, 11) is -3.55. The first-order valence-electron chi connectivity index (χ1n) is 10.9. The molecule has 8 nitrogen and oxygen atoms in total. The van der Waals surface area contributed by atoms with Crippen LogP contribution in [0.15, 0.2) is 71.6 Å². The summed E-state index contributed by atoms with van der Waals surface area (Å²) in [5.74, 6) is -2.01. The van der Waals surface area contributed by atoms with E-state index in [4.69, 9.17) is 11.6 Å². The van der Waals surface area contributed by atoms with Gasteiger partial charge in [-0.25, -0.2) is 17.6 Å². The Kier molecular flexibility index (Phi) is 7.03. The van der Waals surface area contributed by atoms with E-state index in [1.165, 1.54) is 18.2 Å². The minimum Gasteiger partial charge on any atom is -0.396 e. The quantitative estimate of drug-likeness (QED) is 0.366.